The molecule has 2 amide bonds. The number of nitrogens with zero attached hydrogens (tertiary/aromatic N) is 2. The number of pyridine rings is 1. The van der Waals surface area contributed by atoms with Crippen molar-refractivity contribution < 1.29 is 14.3 Å². The third-order valence-corrected chi connectivity index (χ3v) is 5.74. The van der Waals surface area contributed by atoms with E-state index in [0.717, 1.165) is 35.4 Å². The van der Waals surface area contributed by atoms with E-state index in [1.807, 2.05) is 36.4 Å². The SMILES string of the molecule is Cl.NC(=O)c1cccc(C(=O)Nc2cnc3[nH]ccc3c2)c1-c1cccc(N2CCOCC2)c1. The Morgan fingerprint density at radius 2 is 1.79 bits per heavy atom. The number of halogens is 1. The first-order chi connectivity index (χ1) is 16.1. The first-order valence-electron chi connectivity index (χ1n) is 10.7. The van der Waals surface area contributed by atoms with Crippen LogP contribution >= 0.6 is 12.4 Å². The lowest BCUT2D eigenvalue weighted by Crippen LogP contribution is -2.36. The van der Waals surface area contributed by atoms with E-state index in [9.17, 15) is 9.59 Å². The predicted molar refractivity (Wildman–Crippen MR) is 135 cm³/mol. The van der Waals surface area contributed by atoms with E-state index >= 15 is 0 Å². The summed E-state index contributed by atoms with van der Waals surface area (Å²) < 4.78 is 5.45. The molecule has 0 saturated carbocycles. The van der Waals surface area contributed by atoms with Crippen LogP contribution in [-0.4, -0.2) is 48.1 Å². The fraction of sp³-hybridized carbons (Fsp3) is 0.160. The van der Waals surface area contributed by atoms with Gasteiger partial charge in [-0.25, -0.2) is 4.98 Å². The summed E-state index contributed by atoms with van der Waals surface area (Å²) in [5.41, 5.74) is 9.91. The third kappa shape index (κ3) is 4.59. The highest BCUT2D eigenvalue weighted by atomic mass is 35.5. The van der Waals surface area contributed by atoms with E-state index in [-0.39, 0.29) is 18.3 Å². The van der Waals surface area contributed by atoms with Crippen molar-refractivity contribution in [2.45, 2.75) is 0 Å². The molecule has 2 aromatic heterocycles. The number of anilines is 2. The van der Waals surface area contributed by atoms with Crippen molar-refractivity contribution in [2.24, 2.45) is 5.73 Å². The van der Waals surface area contributed by atoms with Crippen LogP contribution in [0.15, 0.2) is 67.0 Å². The Morgan fingerprint density at radius 3 is 2.59 bits per heavy atom. The summed E-state index contributed by atoms with van der Waals surface area (Å²) in [5, 5.41) is 3.79. The highest BCUT2D eigenvalue weighted by Gasteiger charge is 2.21. The molecule has 1 aliphatic rings. The Hall–Kier alpha value is -3.88. The Balaban J connectivity index is 0.00000274. The highest BCUT2D eigenvalue weighted by molar-refractivity contribution is 6.13. The number of morpholine rings is 1. The molecule has 3 heterocycles. The molecule has 0 radical (unpaired) electrons. The molecule has 9 heteroatoms. The van der Waals surface area contributed by atoms with Gasteiger partial charge in [-0.3, -0.25) is 9.59 Å². The Labute approximate surface area is 202 Å². The number of nitrogens with one attached hydrogen (secondary N) is 2. The monoisotopic (exact) mass is 477 g/mol. The van der Waals surface area contributed by atoms with Crippen molar-refractivity contribution in [1.82, 2.24) is 9.97 Å². The van der Waals surface area contributed by atoms with Gasteiger partial charge in [-0.1, -0.05) is 18.2 Å². The van der Waals surface area contributed by atoms with E-state index in [0.29, 0.717) is 35.6 Å². The van der Waals surface area contributed by atoms with E-state index in [1.54, 1.807) is 30.6 Å². The Morgan fingerprint density at radius 1 is 1.03 bits per heavy atom. The summed E-state index contributed by atoms with van der Waals surface area (Å²) >= 11 is 0. The van der Waals surface area contributed by atoms with Gasteiger partial charge in [-0.15, -0.1) is 12.4 Å². The number of H-pyrrole nitrogens is 1. The number of fused-ring (bicyclic) bond motifs is 1. The zero-order valence-corrected chi connectivity index (χ0v) is 19.1. The van der Waals surface area contributed by atoms with Crippen LogP contribution in [0.5, 0.6) is 0 Å². The predicted octanol–water partition coefficient (Wildman–Crippen LogP) is 3.84. The van der Waals surface area contributed by atoms with Gasteiger partial charge < -0.3 is 25.7 Å². The standard InChI is InChI=1S/C25H23N5O3.ClH/c26-23(31)20-5-2-6-21(25(32)29-18-13-17-7-8-27-24(17)28-15-18)22(20)16-3-1-4-19(14-16)30-9-11-33-12-10-30;/h1-8,13-15H,9-12H2,(H2,26,31)(H,27,28)(H,29,32);1H. The van der Waals surface area contributed by atoms with E-state index in [2.05, 4.69) is 20.2 Å². The molecule has 5 rings (SSSR count). The van der Waals surface area contributed by atoms with Crippen LogP contribution in [0, 0.1) is 0 Å². The summed E-state index contributed by atoms with van der Waals surface area (Å²) in [6.07, 6.45) is 3.38. The first kappa shape index (κ1) is 23.3. The van der Waals surface area contributed by atoms with Crippen molar-refractivity contribution in [3.63, 3.8) is 0 Å². The number of amides is 2. The van der Waals surface area contributed by atoms with Crippen molar-refractivity contribution in [3.8, 4) is 11.1 Å². The molecule has 1 fully saturated rings. The Kier molecular flexibility index (Phi) is 6.81. The fourth-order valence-corrected chi connectivity index (χ4v) is 4.14. The van der Waals surface area contributed by atoms with Gasteiger partial charge in [0.2, 0.25) is 5.91 Å². The minimum absolute atomic E-state index is 0. The second kappa shape index (κ2) is 9.94. The lowest BCUT2D eigenvalue weighted by Gasteiger charge is -2.29. The number of nitrogens with two attached hydrogens (primary N) is 1. The smallest absolute Gasteiger partial charge is 0.256 e. The molecular formula is C25H24ClN5O3. The number of hydrogen-bond acceptors (Lipinski definition) is 5. The quantitative estimate of drug-likeness (QED) is 0.404. The van der Waals surface area contributed by atoms with E-state index in [1.165, 1.54) is 0 Å². The minimum atomic E-state index is -0.591. The molecule has 1 aliphatic heterocycles. The molecule has 4 N–H and O–H groups in total. The van der Waals surface area contributed by atoms with Crippen LogP contribution in [-0.2, 0) is 4.74 Å². The zero-order chi connectivity index (χ0) is 22.8. The number of carbonyl (C=O) groups is 2. The molecule has 34 heavy (non-hydrogen) atoms. The minimum Gasteiger partial charge on any atom is -0.378 e. The average Bonchev–Trinajstić information content (AvgIpc) is 3.32. The molecule has 0 atom stereocenters. The first-order valence-corrected chi connectivity index (χ1v) is 10.7. The number of carbonyl (C=O) groups excluding carboxylic acids is 2. The van der Waals surface area contributed by atoms with E-state index in [4.69, 9.17) is 10.5 Å². The summed E-state index contributed by atoms with van der Waals surface area (Å²) in [6, 6.07) is 16.5. The number of aromatic amines is 1. The maximum atomic E-state index is 13.3. The molecule has 4 aromatic rings. The second-order valence-electron chi connectivity index (χ2n) is 7.84. The Bertz CT molecular complexity index is 1350. The highest BCUT2D eigenvalue weighted by Crippen LogP contribution is 2.32. The topological polar surface area (TPSA) is 113 Å². The number of rotatable bonds is 5. The molecule has 0 aliphatic carbocycles. The lowest BCUT2D eigenvalue weighted by atomic mass is 9.93. The van der Waals surface area contributed by atoms with Crippen LogP contribution in [0.25, 0.3) is 22.2 Å². The molecule has 0 unspecified atom stereocenters. The fourth-order valence-electron chi connectivity index (χ4n) is 4.14. The maximum Gasteiger partial charge on any atom is 0.256 e. The largest absolute Gasteiger partial charge is 0.378 e. The summed E-state index contributed by atoms with van der Waals surface area (Å²) in [7, 11) is 0. The normalized spacial score (nSPS) is 13.4. The summed E-state index contributed by atoms with van der Waals surface area (Å²) in [5.74, 6) is -0.937. The second-order valence-corrected chi connectivity index (χ2v) is 7.84. The summed E-state index contributed by atoms with van der Waals surface area (Å²) in [4.78, 5) is 35.2. The molecule has 0 bridgehead atoms. The number of benzene rings is 2. The van der Waals surface area contributed by atoms with Crippen molar-refractivity contribution in [3.05, 3.63) is 78.1 Å². The number of hydrogen-bond donors (Lipinski definition) is 3. The van der Waals surface area contributed by atoms with Gasteiger partial charge in [0.15, 0.2) is 0 Å². The van der Waals surface area contributed by atoms with Crippen LogP contribution < -0.4 is 16.0 Å². The molecule has 1 saturated heterocycles. The van der Waals surface area contributed by atoms with Gasteiger partial charge in [0.25, 0.3) is 5.91 Å². The van der Waals surface area contributed by atoms with E-state index < -0.39 is 5.91 Å². The zero-order valence-electron chi connectivity index (χ0n) is 18.3. The maximum absolute atomic E-state index is 13.3. The van der Waals surface area contributed by atoms with Gasteiger partial charge in [0.1, 0.15) is 5.65 Å². The molecule has 2 aromatic carbocycles. The van der Waals surface area contributed by atoms with Crippen LogP contribution in [0.2, 0.25) is 0 Å². The molecule has 8 nitrogen and oxygen atoms in total. The lowest BCUT2D eigenvalue weighted by molar-refractivity contribution is 0.100. The van der Waals surface area contributed by atoms with Crippen molar-refractivity contribution in [1.29, 1.82) is 0 Å². The number of aromatic nitrogens is 2. The molecule has 174 valence electrons. The van der Waals surface area contributed by atoms with Crippen molar-refractivity contribution in [2.75, 3.05) is 36.5 Å². The molecule has 0 spiro atoms. The van der Waals surface area contributed by atoms with Crippen LogP contribution in [0.1, 0.15) is 20.7 Å². The van der Waals surface area contributed by atoms with Gasteiger partial charge in [-0.05, 0) is 42.0 Å². The van der Waals surface area contributed by atoms with Crippen molar-refractivity contribution >= 4 is 46.6 Å². The van der Waals surface area contributed by atoms with Gasteiger partial charge >= 0.3 is 0 Å². The van der Waals surface area contributed by atoms with Crippen LogP contribution in [0.3, 0.4) is 0 Å². The molecular weight excluding hydrogens is 454 g/mol. The average molecular weight is 478 g/mol. The van der Waals surface area contributed by atoms with Gasteiger partial charge in [0.05, 0.1) is 25.1 Å². The number of primary amides is 1. The van der Waals surface area contributed by atoms with Crippen LogP contribution in [0.4, 0.5) is 11.4 Å². The van der Waals surface area contributed by atoms with Gasteiger partial charge in [0, 0.05) is 47.1 Å². The number of ether oxygens (including phenoxy) is 1. The van der Waals surface area contributed by atoms with Gasteiger partial charge in [-0.2, -0.15) is 0 Å². The summed E-state index contributed by atoms with van der Waals surface area (Å²) in [6.45, 7) is 2.89. The third-order valence-electron chi connectivity index (χ3n) is 5.74.